The number of hydrogen-bond acceptors (Lipinski definition) is 5. The molecule has 2 amide bonds. The van der Waals surface area contributed by atoms with Crippen LogP contribution >= 0.6 is 39.3 Å². The normalized spacial score (nSPS) is 15.0. The SMILES string of the molecule is Cc1cc(C=C2SC(=O)N(Cc3cccc([N+](=O)[O-])c3)C2=O)c(C)n1-c1ccc(Br)c(Cl)c1. The lowest BCUT2D eigenvalue weighted by molar-refractivity contribution is -0.384. The third kappa shape index (κ3) is 4.62. The summed E-state index contributed by atoms with van der Waals surface area (Å²) in [5, 5.41) is 11.2. The highest BCUT2D eigenvalue weighted by molar-refractivity contribution is 9.10. The van der Waals surface area contributed by atoms with E-state index in [0.29, 0.717) is 15.5 Å². The smallest absolute Gasteiger partial charge is 0.293 e. The molecule has 10 heteroatoms. The lowest BCUT2D eigenvalue weighted by atomic mass is 10.2. The number of nitro groups is 1. The highest BCUT2D eigenvalue weighted by Gasteiger charge is 2.35. The molecule has 0 radical (unpaired) electrons. The molecular formula is C23H17BrClN3O4S. The summed E-state index contributed by atoms with van der Waals surface area (Å²) in [7, 11) is 0. The molecule has 0 bridgehead atoms. The Labute approximate surface area is 207 Å². The second-order valence-corrected chi connectivity index (χ2v) is 9.71. The zero-order valence-electron chi connectivity index (χ0n) is 17.5. The van der Waals surface area contributed by atoms with E-state index in [0.717, 1.165) is 43.8 Å². The van der Waals surface area contributed by atoms with Gasteiger partial charge in [-0.2, -0.15) is 0 Å². The molecule has 0 N–H and O–H groups in total. The lowest BCUT2D eigenvalue weighted by Gasteiger charge is -2.12. The van der Waals surface area contributed by atoms with Gasteiger partial charge in [-0.05, 0) is 83.0 Å². The number of benzene rings is 2. The van der Waals surface area contributed by atoms with Crippen LogP contribution in [0.5, 0.6) is 0 Å². The number of thioether (sulfide) groups is 1. The molecule has 2 heterocycles. The van der Waals surface area contributed by atoms with Crippen LogP contribution < -0.4 is 0 Å². The Kier molecular flexibility index (Phi) is 6.47. The van der Waals surface area contributed by atoms with E-state index in [9.17, 15) is 19.7 Å². The average molecular weight is 547 g/mol. The van der Waals surface area contributed by atoms with Crippen molar-refractivity contribution < 1.29 is 14.5 Å². The van der Waals surface area contributed by atoms with Crippen molar-refractivity contribution >= 4 is 62.2 Å². The Bertz CT molecular complexity index is 1350. The van der Waals surface area contributed by atoms with Crippen LogP contribution in [0.25, 0.3) is 11.8 Å². The predicted octanol–water partition coefficient (Wildman–Crippen LogP) is 6.65. The van der Waals surface area contributed by atoms with E-state index in [2.05, 4.69) is 15.9 Å². The zero-order chi connectivity index (χ0) is 23.9. The Morgan fingerprint density at radius 2 is 1.91 bits per heavy atom. The number of non-ortho nitro benzene ring substituents is 1. The number of carbonyl (C=O) groups excluding carboxylic acids is 2. The van der Waals surface area contributed by atoms with Gasteiger partial charge in [-0.25, -0.2) is 0 Å². The first-order chi connectivity index (χ1) is 15.7. The summed E-state index contributed by atoms with van der Waals surface area (Å²) in [6.45, 7) is 3.86. The number of aromatic nitrogens is 1. The Morgan fingerprint density at radius 3 is 2.61 bits per heavy atom. The molecule has 3 aromatic rings. The van der Waals surface area contributed by atoms with E-state index < -0.39 is 16.1 Å². The number of nitro benzene ring substituents is 1. The van der Waals surface area contributed by atoms with Gasteiger partial charge in [0.05, 0.1) is 21.4 Å². The Hall–Kier alpha value is -2.88. The van der Waals surface area contributed by atoms with Crippen LogP contribution in [-0.2, 0) is 11.3 Å². The minimum atomic E-state index is -0.508. The van der Waals surface area contributed by atoms with Crippen molar-refractivity contribution in [2.24, 2.45) is 0 Å². The van der Waals surface area contributed by atoms with Crippen LogP contribution in [0.2, 0.25) is 5.02 Å². The second kappa shape index (κ2) is 9.17. The van der Waals surface area contributed by atoms with Gasteiger partial charge in [-0.15, -0.1) is 0 Å². The van der Waals surface area contributed by atoms with E-state index >= 15 is 0 Å². The first-order valence-electron chi connectivity index (χ1n) is 9.79. The largest absolute Gasteiger partial charge is 0.318 e. The summed E-state index contributed by atoms with van der Waals surface area (Å²) in [6, 6.07) is 13.5. The maximum atomic E-state index is 13.0. The van der Waals surface area contributed by atoms with E-state index in [4.69, 9.17) is 11.6 Å². The van der Waals surface area contributed by atoms with Crippen molar-refractivity contribution in [1.29, 1.82) is 0 Å². The van der Waals surface area contributed by atoms with Crippen molar-refractivity contribution in [3.05, 3.63) is 95.6 Å². The van der Waals surface area contributed by atoms with Crippen LogP contribution in [0.15, 0.2) is 57.9 Å². The molecule has 4 rings (SSSR count). The number of rotatable bonds is 5. The van der Waals surface area contributed by atoms with Crippen LogP contribution in [0.3, 0.4) is 0 Å². The van der Waals surface area contributed by atoms with Crippen molar-refractivity contribution in [3.8, 4) is 5.69 Å². The molecule has 1 aliphatic rings. The number of nitrogens with zero attached hydrogens (tertiary/aromatic N) is 3. The number of amides is 2. The molecule has 0 atom stereocenters. The van der Waals surface area contributed by atoms with Gasteiger partial charge in [0.1, 0.15) is 0 Å². The molecule has 0 saturated carbocycles. The van der Waals surface area contributed by atoms with Crippen molar-refractivity contribution in [2.45, 2.75) is 20.4 Å². The molecule has 0 spiro atoms. The van der Waals surface area contributed by atoms with E-state index in [-0.39, 0.29) is 12.2 Å². The summed E-state index contributed by atoms with van der Waals surface area (Å²) in [4.78, 5) is 37.4. The van der Waals surface area contributed by atoms with Crippen molar-refractivity contribution in [3.63, 3.8) is 0 Å². The number of aryl methyl sites for hydroxylation is 1. The average Bonchev–Trinajstić information content (AvgIpc) is 3.19. The van der Waals surface area contributed by atoms with E-state index in [1.807, 2.05) is 42.7 Å². The number of hydrogen-bond donors (Lipinski definition) is 0. The van der Waals surface area contributed by atoms with E-state index in [1.165, 1.54) is 18.2 Å². The van der Waals surface area contributed by atoms with Gasteiger partial charge >= 0.3 is 0 Å². The van der Waals surface area contributed by atoms with Gasteiger partial charge in [-0.1, -0.05) is 23.7 Å². The van der Waals surface area contributed by atoms with E-state index in [1.54, 1.807) is 12.1 Å². The van der Waals surface area contributed by atoms with Crippen LogP contribution in [0, 0.1) is 24.0 Å². The molecular weight excluding hydrogens is 530 g/mol. The quantitative estimate of drug-likeness (QED) is 0.203. The summed E-state index contributed by atoms with van der Waals surface area (Å²) in [5.74, 6) is -0.423. The Balaban J connectivity index is 1.62. The minimum Gasteiger partial charge on any atom is -0.318 e. The van der Waals surface area contributed by atoms with Crippen LogP contribution in [0.1, 0.15) is 22.5 Å². The standard InChI is InChI=1S/C23H17BrClN3O4S/c1-13-8-16(14(2)27(13)17-6-7-19(24)20(25)11-17)10-21-22(29)26(23(30)33-21)12-15-4-3-5-18(9-15)28(31)32/h3-11H,12H2,1-2H3. The Morgan fingerprint density at radius 1 is 1.15 bits per heavy atom. The molecule has 2 aromatic carbocycles. The monoisotopic (exact) mass is 545 g/mol. The molecule has 33 heavy (non-hydrogen) atoms. The molecule has 1 fully saturated rings. The van der Waals surface area contributed by atoms with Gasteiger partial charge in [0, 0.05) is 33.7 Å². The highest BCUT2D eigenvalue weighted by Crippen LogP contribution is 2.35. The fourth-order valence-electron chi connectivity index (χ4n) is 3.68. The fourth-order valence-corrected chi connectivity index (χ4v) is 4.93. The predicted molar refractivity (Wildman–Crippen MR) is 133 cm³/mol. The van der Waals surface area contributed by atoms with Crippen LogP contribution in [-0.4, -0.2) is 25.5 Å². The molecule has 0 unspecified atom stereocenters. The summed E-state index contributed by atoms with van der Waals surface area (Å²) < 4.78 is 2.82. The third-order valence-corrected chi connectivity index (χ3v) is 7.39. The molecule has 1 saturated heterocycles. The van der Waals surface area contributed by atoms with Crippen LogP contribution in [0.4, 0.5) is 10.5 Å². The van der Waals surface area contributed by atoms with Gasteiger partial charge in [0.2, 0.25) is 0 Å². The maximum Gasteiger partial charge on any atom is 0.293 e. The van der Waals surface area contributed by atoms with Gasteiger partial charge in [0.25, 0.3) is 16.8 Å². The topological polar surface area (TPSA) is 85.5 Å². The molecule has 0 aliphatic carbocycles. The molecule has 168 valence electrons. The summed E-state index contributed by atoms with van der Waals surface area (Å²) >= 11 is 10.5. The number of halogens is 2. The minimum absolute atomic E-state index is 0.0277. The second-order valence-electron chi connectivity index (χ2n) is 7.46. The van der Waals surface area contributed by atoms with Gasteiger partial charge in [0.15, 0.2) is 0 Å². The van der Waals surface area contributed by atoms with Gasteiger partial charge in [-0.3, -0.25) is 24.6 Å². The van der Waals surface area contributed by atoms with Gasteiger partial charge < -0.3 is 4.57 Å². The van der Waals surface area contributed by atoms with Crippen molar-refractivity contribution in [1.82, 2.24) is 9.47 Å². The summed E-state index contributed by atoms with van der Waals surface area (Å²) in [5.41, 5.74) is 3.97. The van der Waals surface area contributed by atoms with Crippen molar-refractivity contribution in [2.75, 3.05) is 0 Å². The first kappa shape index (κ1) is 23.3. The summed E-state index contributed by atoms with van der Waals surface area (Å²) in [6.07, 6.45) is 1.71. The fraction of sp³-hybridized carbons (Fsp3) is 0.130. The third-order valence-electron chi connectivity index (χ3n) is 5.25. The highest BCUT2D eigenvalue weighted by atomic mass is 79.9. The number of imide groups is 1. The molecule has 7 nitrogen and oxygen atoms in total. The maximum absolute atomic E-state index is 13.0. The lowest BCUT2D eigenvalue weighted by Crippen LogP contribution is -2.27. The molecule has 1 aliphatic heterocycles. The first-order valence-corrected chi connectivity index (χ1v) is 11.8. The number of carbonyl (C=O) groups is 2. The molecule has 1 aromatic heterocycles. The zero-order valence-corrected chi connectivity index (χ0v) is 20.7.